The van der Waals surface area contributed by atoms with Crippen molar-refractivity contribution in [2.75, 3.05) is 31.1 Å². The van der Waals surface area contributed by atoms with Gasteiger partial charge in [0.1, 0.15) is 6.61 Å². The summed E-state index contributed by atoms with van der Waals surface area (Å²) >= 11 is 0. The smallest absolute Gasteiger partial charge is 0.365 e. The average molecular weight is 384 g/mol. The van der Waals surface area contributed by atoms with Gasteiger partial charge < -0.3 is 15.0 Å². The predicted octanol–water partition coefficient (Wildman–Crippen LogP) is 0.420. The Bertz CT molecular complexity index is 893. The van der Waals surface area contributed by atoms with Crippen LogP contribution in [0.25, 0.3) is 5.65 Å². The molecule has 0 aliphatic carbocycles. The van der Waals surface area contributed by atoms with E-state index in [0.29, 0.717) is 17.0 Å². The van der Waals surface area contributed by atoms with Crippen molar-refractivity contribution < 1.29 is 27.5 Å². The molecule has 1 unspecified atom stereocenters. The lowest BCUT2D eigenvalue weighted by atomic mass is 10.0. The monoisotopic (exact) mass is 384 g/mol. The molecule has 3 amide bonds. The predicted molar refractivity (Wildman–Crippen MR) is 85.3 cm³/mol. The molecule has 2 saturated heterocycles. The van der Waals surface area contributed by atoms with Crippen LogP contribution < -0.4 is 15.5 Å². The Morgan fingerprint density at radius 3 is 2.78 bits per heavy atom. The van der Waals surface area contributed by atoms with Crippen molar-refractivity contribution >= 4 is 23.3 Å². The van der Waals surface area contributed by atoms with Crippen LogP contribution in [0.4, 0.5) is 23.7 Å². The number of urea groups is 1. The molecule has 2 aromatic rings. The highest BCUT2D eigenvalue weighted by molar-refractivity contribution is 6.00. The van der Waals surface area contributed by atoms with E-state index in [2.05, 4.69) is 20.7 Å². The number of imidazole rings is 1. The summed E-state index contributed by atoms with van der Waals surface area (Å²) in [5.74, 6) is -1.14. The maximum Gasteiger partial charge on any atom is 0.411 e. The highest BCUT2D eigenvalue weighted by Gasteiger charge is 2.36. The Labute approximate surface area is 150 Å². The molecule has 9 nitrogen and oxygen atoms in total. The first-order valence-electron chi connectivity index (χ1n) is 8.16. The Hall–Kier alpha value is -2.89. The molecule has 0 bridgehead atoms. The van der Waals surface area contributed by atoms with Gasteiger partial charge in [0.05, 0.1) is 23.4 Å². The number of carbonyl (C=O) groups is 2. The molecule has 2 aromatic heterocycles. The summed E-state index contributed by atoms with van der Waals surface area (Å²) in [4.78, 5) is 29.4. The minimum absolute atomic E-state index is 0.106. The van der Waals surface area contributed by atoms with Gasteiger partial charge in [0.15, 0.2) is 5.65 Å². The topological polar surface area (TPSA) is 101 Å². The number of halogens is 3. The van der Waals surface area contributed by atoms with Crippen molar-refractivity contribution in [3.8, 4) is 0 Å². The van der Waals surface area contributed by atoms with Crippen LogP contribution in [-0.2, 0) is 9.53 Å². The molecule has 0 aromatic carbocycles. The minimum Gasteiger partial charge on any atom is -0.365 e. The van der Waals surface area contributed by atoms with Gasteiger partial charge in [0, 0.05) is 32.0 Å². The number of ether oxygens (including phenoxy) is 1. The molecule has 0 radical (unpaired) electrons. The number of imide groups is 1. The number of aromatic nitrogens is 3. The van der Waals surface area contributed by atoms with Gasteiger partial charge in [-0.1, -0.05) is 0 Å². The summed E-state index contributed by atoms with van der Waals surface area (Å²) in [7, 11) is 0. The third kappa shape index (κ3) is 3.52. The second-order valence-electron chi connectivity index (χ2n) is 6.35. The normalized spacial score (nSPS) is 21.1. The Balaban J connectivity index is 1.54. The fourth-order valence-corrected chi connectivity index (χ4v) is 3.04. The largest absolute Gasteiger partial charge is 0.411 e. The summed E-state index contributed by atoms with van der Waals surface area (Å²) in [5, 5.41) is 9.09. The molecule has 12 heteroatoms. The van der Waals surface area contributed by atoms with Crippen molar-refractivity contribution in [2.24, 2.45) is 0 Å². The molecule has 2 aliphatic rings. The van der Waals surface area contributed by atoms with E-state index in [-0.39, 0.29) is 19.6 Å². The molecule has 144 valence electrons. The molecule has 0 saturated carbocycles. The van der Waals surface area contributed by atoms with E-state index in [1.807, 2.05) is 4.90 Å². The highest BCUT2D eigenvalue weighted by atomic mass is 19.4. The highest BCUT2D eigenvalue weighted by Crippen LogP contribution is 2.30. The van der Waals surface area contributed by atoms with Crippen LogP contribution in [0.1, 0.15) is 11.6 Å². The lowest BCUT2D eigenvalue weighted by molar-refractivity contribution is -0.187. The van der Waals surface area contributed by atoms with Crippen LogP contribution in [0.15, 0.2) is 18.5 Å². The van der Waals surface area contributed by atoms with Crippen LogP contribution in [0.3, 0.4) is 0 Å². The summed E-state index contributed by atoms with van der Waals surface area (Å²) < 4.78 is 43.1. The molecular weight excluding hydrogens is 369 g/mol. The number of hydrogen-bond donors (Lipinski definition) is 2. The fourth-order valence-electron chi connectivity index (χ4n) is 3.04. The number of anilines is 1. The molecule has 2 N–H and O–H groups in total. The molecule has 1 atom stereocenters. The van der Waals surface area contributed by atoms with Crippen molar-refractivity contribution in [1.82, 2.24) is 25.2 Å². The maximum atomic E-state index is 12.3. The standard InChI is InChI=1S/C15H15F3N6O3/c16-15(17,18)7-27-8-5-23(6-8)11-3-10(22-24-2-1-19-12(11)24)9-4-20-14(26)21-13(9)25/h1-3,8-9H,4-7H2,(H2,20,21,25,26). The number of hydrogen-bond acceptors (Lipinski definition) is 6. The van der Waals surface area contributed by atoms with Gasteiger partial charge in [-0.2, -0.15) is 18.3 Å². The van der Waals surface area contributed by atoms with Gasteiger partial charge >= 0.3 is 12.2 Å². The molecule has 2 aliphatic heterocycles. The van der Waals surface area contributed by atoms with Crippen molar-refractivity contribution in [1.29, 1.82) is 0 Å². The fraction of sp³-hybridized carbons (Fsp3) is 0.467. The zero-order valence-electron chi connectivity index (χ0n) is 13.9. The number of fused-ring (bicyclic) bond motifs is 1. The third-order valence-corrected chi connectivity index (χ3v) is 4.41. The van der Waals surface area contributed by atoms with E-state index in [1.54, 1.807) is 12.3 Å². The lowest BCUT2D eigenvalue weighted by Crippen LogP contribution is -2.53. The molecule has 4 rings (SSSR count). The minimum atomic E-state index is -4.36. The van der Waals surface area contributed by atoms with Gasteiger partial charge in [0.2, 0.25) is 5.91 Å². The third-order valence-electron chi connectivity index (χ3n) is 4.41. The number of alkyl halides is 3. The SMILES string of the molecule is O=C1NCC(c2cc(N3CC(OCC(F)(F)F)C3)c3nccn3n2)C(=O)N1. The quantitative estimate of drug-likeness (QED) is 0.793. The summed E-state index contributed by atoms with van der Waals surface area (Å²) in [6.45, 7) is -0.631. The van der Waals surface area contributed by atoms with Gasteiger partial charge in [-0.05, 0) is 6.07 Å². The van der Waals surface area contributed by atoms with Crippen molar-refractivity contribution in [3.63, 3.8) is 0 Å². The van der Waals surface area contributed by atoms with Gasteiger partial charge in [-0.3, -0.25) is 10.1 Å². The summed E-state index contributed by atoms with van der Waals surface area (Å²) in [6.07, 6.45) is -1.75. The molecule has 27 heavy (non-hydrogen) atoms. The van der Waals surface area contributed by atoms with Crippen LogP contribution in [0.2, 0.25) is 0 Å². The zero-order valence-corrected chi connectivity index (χ0v) is 13.9. The van der Waals surface area contributed by atoms with E-state index in [1.165, 1.54) is 10.7 Å². The Morgan fingerprint density at radius 1 is 1.30 bits per heavy atom. The average Bonchev–Trinajstić information content (AvgIpc) is 3.00. The Kier molecular flexibility index (Phi) is 4.13. The van der Waals surface area contributed by atoms with Crippen LogP contribution in [0.5, 0.6) is 0 Å². The molecule has 0 spiro atoms. The van der Waals surface area contributed by atoms with Gasteiger partial charge in [-0.15, -0.1) is 0 Å². The first-order valence-corrected chi connectivity index (χ1v) is 8.16. The zero-order chi connectivity index (χ0) is 19.2. The van der Waals surface area contributed by atoms with E-state index in [0.717, 1.165) is 0 Å². The number of nitrogens with zero attached hydrogens (tertiary/aromatic N) is 4. The van der Waals surface area contributed by atoms with Crippen molar-refractivity contribution in [3.05, 3.63) is 24.2 Å². The second kappa shape index (κ2) is 6.37. The van der Waals surface area contributed by atoms with Crippen LogP contribution in [-0.4, -0.2) is 65.1 Å². The number of amides is 3. The molecular formula is C15H15F3N6O3. The number of rotatable bonds is 4. The summed E-state index contributed by atoms with van der Waals surface area (Å²) in [5.41, 5.74) is 1.59. The van der Waals surface area contributed by atoms with E-state index in [9.17, 15) is 22.8 Å². The van der Waals surface area contributed by atoms with Gasteiger partial charge in [0.25, 0.3) is 0 Å². The maximum absolute atomic E-state index is 12.3. The number of nitrogens with one attached hydrogen (secondary N) is 2. The van der Waals surface area contributed by atoms with Crippen LogP contribution in [0, 0.1) is 0 Å². The first-order chi connectivity index (χ1) is 12.8. The van der Waals surface area contributed by atoms with Crippen molar-refractivity contribution in [2.45, 2.75) is 18.2 Å². The van der Waals surface area contributed by atoms with E-state index in [4.69, 9.17) is 4.74 Å². The van der Waals surface area contributed by atoms with Gasteiger partial charge in [-0.25, -0.2) is 14.3 Å². The Morgan fingerprint density at radius 2 is 2.07 bits per heavy atom. The molecule has 2 fully saturated rings. The summed E-state index contributed by atoms with van der Waals surface area (Å²) in [6, 6.07) is 1.11. The second-order valence-corrected chi connectivity index (χ2v) is 6.35. The molecule has 4 heterocycles. The lowest BCUT2D eigenvalue weighted by Gasteiger charge is -2.40. The van der Waals surface area contributed by atoms with Crippen LogP contribution >= 0.6 is 0 Å². The number of carbonyl (C=O) groups excluding carboxylic acids is 2. The van der Waals surface area contributed by atoms with E-state index < -0.39 is 36.7 Å². The van der Waals surface area contributed by atoms with E-state index >= 15 is 0 Å². The first kappa shape index (κ1) is 17.5.